The zero-order valence-corrected chi connectivity index (χ0v) is 7.75. The molecule has 2 nitrogen and oxygen atoms in total. The third-order valence-corrected chi connectivity index (χ3v) is 2.13. The van der Waals surface area contributed by atoms with Crippen molar-refractivity contribution in [1.82, 2.24) is 0 Å². The Labute approximate surface area is 84.6 Å². The van der Waals surface area contributed by atoms with Gasteiger partial charge in [-0.15, -0.1) is 0 Å². The predicted molar refractivity (Wildman–Crippen MR) is 46.1 cm³/mol. The highest BCUT2D eigenvalue weighted by molar-refractivity contribution is 5.25. The molecular formula is C10H9F3O2. The van der Waals surface area contributed by atoms with Crippen molar-refractivity contribution in [3.05, 3.63) is 35.4 Å². The van der Waals surface area contributed by atoms with Gasteiger partial charge in [-0.2, -0.15) is 13.2 Å². The summed E-state index contributed by atoms with van der Waals surface area (Å²) in [6, 6.07) is 4.80. The Kier molecular flexibility index (Phi) is 2.67. The van der Waals surface area contributed by atoms with Crippen LogP contribution in [0.3, 0.4) is 0 Å². The standard InChI is InChI=1S/C10H9F3O2/c11-10(12,13)8-3-1-7(2-4-8)9-14-5-6-15-9/h1-4,9H,5-6H2. The molecule has 0 aromatic heterocycles. The van der Waals surface area contributed by atoms with Crippen LogP contribution < -0.4 is 0 Å². The van der Waals surface area contributed by atoms with Gasteiger partial charge in [-0.05, 0) is 12.1 Å². The lowest BCUT2D eigenvalue weighted by Gasteiger charge is -2.11. The van der Waals surface area contributed by atoms with Gasteiger partial charge in [-0.1, -0.05) is 12.1 Å². The summed E-state index contributed by atoms with van der Waals surface area (Å²) in [5, 5.41) is 0. The van der Waals surface area contributed by atoms with Gasteiger partial charge in [0.2, 0.25) is 0 Å². The molecule has 15 heavy (non-hydrogen) atoms. The normalized spacial score (nSPS) is 18.3. The second kappa shape index (κ2) is 3.83. The number of hydrogen-bond donors (Lipinski definition) is 0. The monoisotopic (exact) mass is 218 g/mol. The van der Waals surface area contributed by atoms with E-state index in [1.165, 1.54) is 12.1 Å². The number of ether oxygens (including phenoxy) is 2. The van der Waals surface area contributed by atoms with Crippen molar-refractivity contribution in [2.24, 2.45) is 0 Å². The molecular weight excluding hydrogens is 209 g/mol. The summed E-state index contributed by atoms with van der Waals surface area (Å²) in [4.78, 5) is 0. The first-order valence-corrected chi connectivity index (χ1v) is 4.48. The third-order valence-electron chi connectivity index (χ3n) is 2.13. The first-order valence-electron chi connectivity index (χ1n) is 4.48. The van der Waals surface area contributed by atoms with Crippen molar-refractivity contribution in [3.63, 3.8) is 0 Å². The molecule has 5 heteroatoms. The van der Waals surface area contributed by atoms with Gasteiger partial charge in [0.05, 0.1) is 18.8 Å². The predicted octanol–water partition coefficient (Wildman–Crippen LogP) is 2.75. The summed E-state index contributed by atoms with van der Waals surface area (Å²) in [6.45, 7) is 0.956. The van der Waals surface area contributed by atoms with Gasteiger partial charge in [0.15, 0.2) is 6.29 Å². The van der Waals surface area contributed by atoms with Gasteiger partial charge in [0.25, 0.3) is 0 Å². The van der Waals surface area contributed by atoms with E-state index in [4.69, 9.17) is 9.47 Å². The third kappa shape index (κ3) is 2.30. The molecule has 0 spiro atoms. The second-order valence-corrected chi connectivity index (χ2v) is 3.19. The molecule has 0 aliphatic carbocycles. The number of hydrogen-bond acceptors (Lipinski definition) is 2. The SMILES string of the molecule is FC(F)(F)c1ccc(C2OCCO2)cc1. The number of halogens is 3. The minimum atomic E-state index is -4.30. The molecule has 82 valence electrons. The Morgan fingerprint density at radius 2 is 1.53 bits per heavy atom. The Morgan fingerprint density at radius 3 is 2.00 bits per heavy atom. The Morgan fingerprint density at radius 1 is 1.00 bits per heavy atom. The molecule has 0 bridgehead atoms. The lowest BCUT2D eigenvalue weighted by atomic mass is 10.1. The van der Waals surface area contributed by atoms with E-state index in [1.54, 1.807) is 0 Å². The van der Waals surface area contributed by atoms with Crippen molar-refractivity contribution in [2.75, 3.05) is 13.2 Å². The zero-order valence-electron chi connectivity index (χ0n) is 7.75. The average molecular weight is 218 g/mol. The maximum Gasteiger partial charge on any atom is 0.416 e. The van der Waals surface area contributed by atoms with Gasteiger partial charge in [0, 0.05) is 5.56 Å². The largest absolute Gasteiger partial charge is 0.416 e. The van der Waals surface area contributed by atoms with Crippen LogP contribution in [-0.2, 0) is 15.7 Å². The molecule has 0 unspecified atom stereocenters. The van der Waals surface area contributed by atoms with Crippen LogP contribution in [0.5, 0.6) is 0 Å². The quantitative estimate of drug-likeness (QED) is 0.721. The highest BCUT2D eigenvalue weighted by Crippen LogP contribution is 2.31. The van der Waals surface area contributed by atoms with Crippen molar-refractivity contribution < 1.29 is 22.6 Å². The summed E-state index contributed by atoms with van der Waals surface area (Å²) in [7, 11) is 0. The van der Waals surface area contributed by atoms with E-state index in [0.29, 0.717) is 18.8 Å². The van der Waals surface area contributed by atoms with E-state index in [9.17, 15) is 13.2 Å². The van der Waals surface area contributed by atoms with Crippen molar-refractivity contribution in [2.45, 2.75) is 12.5 Å². The molecule has 1 aliphatic heterocycles. The van der Waals surface area contributed by atoms with Gasteiger partial charge >= 0.3 is 6.18 Å². The van der Waals surface area contributed by atoms with Crippen molar-refractivity contribution >= 4 is 0 Å². The van der Waals surface area contributed by atoms with Crippen LogP contribution in [0, 0.1) is 0 Å². The van der Waals surface area contributed by atoms with E-state index < -0.39 is 18.0 Å². The molecule has 0 atom stereocenters. The molecule has 0 N–H and O–H groups in total. The summed E-state index contributed by atoms with van der Waals surface area (Å²) < 4.78 is 47.0. The highest BCUT2D eigenvalue weighted by Gasteiger charge is 2.30. The Bertz CT molecular complexity index is 326. The van der Waals surface area contributed by atoms with Crippen LogP contribution in [0.2, 0.25) is 0 Å². The summed E-state index contributed by atoms with van der Waals surface area (Å²) in [5.41, 5.74) is -0.0512. The van der Waals surface area contributed by atoms with E-state index in [-0.39, 0.29) is 0 Å². The van der Waals surface area contributed by atoms with E-state index in [2.05, 4.69) is 0 Å². The van der Waals surface area contributed by atoms with E-state index in [1.807, 2.05) is 0 Å². The molecule has 1 heterocycles. The number of benzene rings is 1. The van der Waals surface area contributed by atoms with Gasteiger partial charge in [-0.3, -0.25) is 0 Å². The maximum atomic E-state index is 12.2. The van der Waals surface area contributed by atoms with E-state index in [0.717, 1.165) is 12.1 Å². The van der Waals surface area contributed by atoms with E-state index >= 15 is 0 Å². The van der Waals surface area contributed by atoms with Crippen LogP contribution in [0.1, 0.15) is 17.4 Å². The average Bonchev–Trinajstić information content (AvgIpc) is 2.69. The Balaban J connectivity index is 2.16. The highest BCUT2D eigenvalue weighted by atomic mass is 19.4. The van der Waals surface area contributed by atoms with Crippen LogP contribution in [-0.4, -0.2) is 13.2 Å². The molecule has 1 aromatic carbocycles. The molecule has 0 radical (unpaired) electrons. The minimum Gasteiger partial charge on any atom is -0.346 e. The van der Waals surface area contributed by atoms with Gasteiger partial charge < -0.3 is 9.47 Å². The first-order chi connectivity index (χ1) is 7.07. The van der Waals surface area contributed by atoms with Gasteiger partial charge in [-0.25, -0.2) is 0 Å². The summed E-state index contributed by atoms with van der Waals surface area (Å²) in [5.74, 6) is 0. The molecule has 2 rings (SSSR count). The number of alkyl halides is 3. The maximum absolute atomic E-state index is 12.2. The lowest BCUT2D eigenvalue weighted by Crippen LogP contribution is -2.05. The fourth-order valence-corrected chi connectivity index (χ4v) is 1.38. The van der Waals surface area contributed by atoms with Crippen LogP contribution in [0.15, 0.2) is 24.3 Å². The smallest absolute Gasteiger partial charge is 0.346 e. The van der Waals surface area contributed by atoms with Crippen LogP contribution in [0.25, 0.3) is 0 Å². The molecule has 0 saturated carbocycles. The second-order valence-electron chi connectivity index (χ2n) is 3.19. The summed E-state index contributed by atoms with van der Waals surface area (Å²) >= 11 is 0. The fraction of sp³-hybridized carbons (Fsp3) is 0.400. The van der Waals surface area contributed by atoms with Gasteiger partial charge in [0.1, 0.15) is 0 Å². The van der Waals surface area contributed by atoms with Crippen molar-refractivity contribution in [3.8, 4) is 0 Å². The topological polar surface area (TPSA) is 18.5 Å². The minimum absolute atomic E-state index is 0.478. The Hall–Kier alpha value is -1.07. The molecule has 1 aromatic rings. The van der Waals surface area contributed by atoms with Crippen LogP contribution in [0.4, 0.5) is 13.2 Å². The zero-order chi connectivity index (χ0) is 10.9. The fourth-order valence-electron chi connectivity index (χ4n) is 1.38. The first kappa shape index (κ1) is 10.4. The summed E-state index contributed by atoms with van der Waals surface area (Å²) in [6.07, 6.45) is -4.82. The van der Waals surface area contributed by atoms with Crippen LogP contribution >= 0.6 is 0 Å². The molecule has 1 aliphatic rings. The van der Waals surface area contributed by atoms with Crippen molar-refractivity contribution in [1.29, 1.82) is 0 Å². The molecule has 0 amide bonds. The lowest BCUT2D eigenvalue weighted by molar-refractivity contribution is -0.137. The molecule has 1 fully saturated rings. The number of rotatable bonds is 1. The molecule has 1 saturated heterocycles.